The predicted molar refractivity (Wildman–Crippen MR) is 292 cm³/mol. The van der Waals surface area contributed by atoms with Crippen molar-refractivity contribution in [3.63, 3.8) is 0 Å². The quantitative estimate of drug-likeness (QED) is 0.0199. The van der Waals surface area contributed by atoms with Gasteiger partial charge in [0.15, 0.2) is 6.10 Å². The van der Waals surface area contributed by atoms with Gasteiger partial charge < -0.3 is 14.2 Å². The van der Waals surface area contributed by atoms with Gasteiger partial charge in [0.1, 0.15) is 13.2 Å². The zero-order valence-electron chi connectivity index (χ0n) is 42.8. The van der Waals surface area contributed by atoms with Gasteiger partial charge in [-0.15, -0.1) is 0 Å². The molecule has 0 aliphatic carbocycles. The Labute approximate surface area is 415 Å². The summed E-state index contributed by atoms with van der Waals surface area (Å²) in [7, 11) is 0. The van der Waals surface area contributed by atoms with E-state index in [1.54, 1.807) is 0 Å². The summed E-state index contributed by atoms with van der Waals surface area (Å²) in [6, 6.07) is 0. The summed E-state index contributed by atoms with van der Waals surface area (Å²) in [4.78, 5) is 38.0. The standard InChI is InChI=1S/C62H92O6/c1-4-7-10-13-16-19-22-25-28-31-34-37-40-43-46-49-52-55-61(64)67-58-59(57-66-60(63)54-51-48-45-42-39-36-33-30-27-24-21-18-15-12-9-6-3)68-62(65)56-53-50-47-44-41-38-35-32-29-26-23-20-17-14-11-8-5-2/h7,9-10,12-13,16,18-19,21-22,25-31,34-40,44-45,47-48,59H,4-6,8,11,14-15,17,20,23-24,32-33,41-43,46,49-58H2,1-3H3/b10-7-,12-9-,16-13-,21-18-,22-19-,28-25-,29-26-,30-27-,34-31+,38-35-,39-36-,40-37-,47-44-,48-45-. The van der Waals surface area contributed by atoms with Crippen molar-refractivity contribution in [2.45, 2.75) is 187 Å². The summed E-state index contributed by atoms with van der Waals surface area (Å²) in [6.45, 7) is 6.19. The Morgan fingerprint density at radius 1 is 0.324 bits per heavy atom. The molecule has 6 heteroatoms. The van der Waals surface area contributed by atoms with Crippen LogP contribution in [0.25, 0.3) is 0 Å². The molecule has 1 unspecified atom stereocenters. The van der Waals surface area contributed by atoms with Crippen molar-refractivity contribution in [3.05, 3.63) is 170 Å². The first-order chi connectivity index (χ1) is 33.5. The largest absolute Gasteiger partial charge is 0.462 e. The number of esters is 3. The molecule has 6 nitrogen and oxygen atoms in total. The highest BCUT2D eigenvalue weighted by Crippen LogP contribution is 2.10. The van der Waals surface area contributed by atoms with Gasteiger partial charge in [-0.25, -0.2) is 0 Å². The van der Waals surface area contributed by atoms with Crippen LogP contribution in [0.3, 0.4) is 0 Å². The first-order valence-corrected chi connectivity index (χ1v) is 26.2. The second-order valence-electron chi connectivity index (χ2n) is 16.5. The van der Waals surface area contributed by atoms with Crippen LogP contribution in [0.15, 0.2) is 170 Å². The van der Waals surface area contributed by atoms with Crippen LogP contribution in [0.5, 0.6) is 0 Å². The monoisotopic (exact) mass is 933 g/mol. The van der Waals surface area contributed by atoms with E-state index in [1.165, 1.54) is 38.5 Å². The maximum absolute atomic E-state index is 12.8. The molecule has 0 fully saturated rings. The minimum absolute atomic E-state index is 0.153. The molecule has 0 radical (unpaired) electrons. The van der Waals surface area contributed by atoms with Crippen LogP contribution >= 0.6 is 0 Å². The molecule has 0 saturated carbocycles. The number of unbranched alkanes of at least 4 members (excludes halogenated alkanes) is 10. The first kappa shape index (κ1) is 62.8. The lowest BCUT2D eigenvalue weighted by atomic mass is 10.1. The predicted octanol–water partition coefficient (Wildman–Crippen LogP) is 17.6. The second-order valence-corrected chi connectivity index (χ2v) is 16.5. The Bertz CT molecular complexity index is 1640. The average molecular weight is 933 g/mol. The van der Waals surface area contributed by atoms with E-state index in [4.69, 9.17) is 14.2 Å². The molecule has 0 aromatic heterocycles. The Kier molecular flexibility index (Phi) is 50.2. The van der Waals surface area contributed by atoms with E-state index in [9.17, 15) is 14.4 Å². The van der Waals surface area contributed by atoms with E-state index >= 15 is 0 Å². The van der Waals surface area contributed by atoms with Gasteiger partial charge in [-0.2, -0.15) is 0 Å². The smallest absolute Gasteiger partial charge is 0.306 e. The molecular weight excluding hydrogens is 841 g/mol. The lowest BCUT2D eigenvalue weighted by Gasteiger charge is -2.18. The van der Waals surface area contributed by atoms with Crippen LogP contribution in [0.1, 0.15) is 181 Å². The van der Waals surface area contributed by atoms with Crippen molar-refractivity contribution in [2.75, 3.05) is 13.2 Å². The van der Waals surface area contributed by atoms with Crippen molar-refractivity contribution in [1.29, 1.82) is 0 Å². The van der Waals surface area contributed by atoms with Crippen molar-refractivity contribution in [1.82, 2.24) is 0 Å². The van der Waals surface area contributed by atoms with Crippen LogP contribution < -0.4 is 0 Å². The average Bonchev–Trinajstić information content (AvgIpc) is 3.34. The molecule has 0 aromatic carbocycles. The van der Waals surface area contributed by atoms with Crippen molar-refractivity contribution in [3.8, 4) is 0 Å². The van der Waals surface area contributed by atoms with Crippen LogP contribution in [0.2, 0.25) is 0 Å². The third kappa shape index (κ3) is 51.7. The lowest BCUT2D eigenvalue weighted by Crippen LogP contribution is -2.30. The summed E-state index contributed by atoms with van der Waals surface area (Å²) in [5, 5.41) is 0. The second kappa shape index (κ2) is 54.4. The van der Waals surface area contributed by atoms with Gasteiger partial charge >= 0.3 is 17.9 Å². The van der Waals surface area contributed by atoms with E-state index in [1.807, 2.05) is 72.9 Å². The highest BCUT2D eigenvalue weighted by atomic mass is 16.6. The molecule has 0 N–H and O–H groups in total. The maximum atomic E-state index is 12.8. The molecule has 0 aliphatic heterocycles. The van der Waals surface area contributed by atoms with Crippen LogP contribution in [-0.4, -0.2) is 37.2 Å². The summed E-state index contributed by atoms with van der Waals surface area (Å²) in [5.74, 6) is -1.15. The topological polar surface area (TPSA) is 78.9 Å². The van der Waals surface area contributed by atoms with E-state index in [0.717, 1.165) is 83.5 Å². The minimum atomic E-state index is -0.863. The third-order valence-electron chi connectivity index (χ3n) is 10.1. The fourth-order valence-corrected chi connectivity index (χ4v) is 6.24. The fraction of sp³-hybridized carbons (Fsp3) is 0.500. The van der Waals surface area contributed by atoms with Crippen molar-refractivity contribution in [2.24, 2.45) is 0 Å². The summed E-state index contributed by atoms with van der Waals surface area (Å²) in [6.07, 6.45) is 80.7. The summed E-state index contributed by atoms with van der Waals surface area (Å²) < 4.78 is 16.6. The highest BCUT2D eigenvalue weighted by Gasteiger charge is 2.19. The first-order valence-electron chi connectivity index (χ1n) is 26.2. The van der Waals surface area contributed by atoms with Crippen LogP contribution in [-0.2, 0) is 28.6 Å². The molecule has 376 valence electrons. The van der Waals surface area contributed by atoms with E-state index in [-0.39, 0.29) is 44.4 Å². The van der Waals surface area contributed by atoms with Crippen LogP contribution in [0.4, 0.5) is 0 Å². The summed E-state index contributed by atoms with van der Waals surface area (Å²) >= 11 is 0. The Morgan fingerprint density at radius 2 is 0.691 bits per heavy atom. The zero-order valence-corrected chi connectivity index (χ0v) is 42.8. The van der Waals surface area contributed by atoms with Gasteiger partial charge in [0.05, 0.1) is 0 Å². The number of carbonyl (C=O) groups is 3. The Hall–Kier alpha value is -5.23. The molecule has 0 spiro atoms. The summed E-state index contributed by atoms with van der Waals surface area (Å²) in [5.41, 5.74) is 0. The molecule has 0 aromatic rings. The third-order valence-corrected chi connectivity index (χ3v) is 10.1. The van der Waals surface area contributed by atoms with Gasteiger partial charge in [-0.1, -0.05) is 229 Å². The fourth-order valence-electron chi connectivity index (χ4n) is 6.24. The molecule has 0 bridgehead atoms. The molecule has 0 saturated heterocycles. The molecule has 0 aliphatic rings. The highest BCUT2D eigenvalue weighted by molar-refractivity contribution is 5.71. The van der Waals surface area contributed by atoms with Gasteiger partial charge in [0.2, 0.25) is 0 Å². The number of rotatable bonds is 44. The normalized spacial score (nSPS) is 13.5. The van der Waals surface area contributed by atoms with E-state index in [0.29, 0.717) is 19.3 Å². The van der Waals surface area contributed by atoms with Gasteiger partial charge in [0, 0.05) is 19.3 Å². The molecule has 68 heavy (non-hydrogen) atoms. The van der Waals surface area contributed by atoms with Gasteiger partial charge in [-0.3, -0.25) is 14.4 Å². The molecular formula is C62H92O6. The Balaban J connectivity index is 4.71. The molecule has 0 rings (SSSR count). The van der Waals surface area contributed by atoms with Crippen molar-refractivity contribution < 1.29 is 28.6 Å². The minimum Gasteiger partial charge on any atom is -0.462 e. The maximum Gasteiger partial charge on any atom is 0.306 e. The van der Waals surface area contributed by atoms with Gasteiger partial charge in [-0.05, 0) is 103 Å². The SMILES string of the molecule is CC\C=C/C=C\C=C/C=C\C=C\C=C/CCCCCC(=O)OCC(COC(=O)CC/C=C\C/C=C\C/C=C\C/C=C\C/C=C\CC)OC(=O)CCC/C=C\C/C=C\C/C=C\CCCCCCCC. The molecule has 0 heterocycles. The van der Waals surface area contributed by atoms with E-state index in [2.05, 4.69) is 118 Å². The van der Waals surface area contributed by atoms with E-state index < -0.39 is 12.1 Å². The number of hydrogen-bond acceptors (Lipinski definition) is 6. The van der Waals surface area contributed by atoms with Crippen molar-refractivity contribution >= 4 is 17.9 Å². The number of hydrogen-bond donors (Lipinski definition) is 0. The molecule has 0 amide bonds. The number of carbonyl (C=O) groups excluding carboxylic acids is 3. The Morgan fingerprint density at radius 3 is 1.21 bits per heavy atom. The lowest BCUT2D eigenvalue weighted by molar-refractivity contribution is -0.166. The molecule has 1 atom stereocenters. The van der Waals surface area contributed by atoms with Crippen LogP contribution in [0, 0.1) is 0 Å². The zero-order chi connectivity index (χ0) is 49.3. The number of allylic oxidation sites excluding steroid dienone is 28. The van der Waals surface area contributed by atoms with Gasteiger partial charge in [0.25, 0.3) is 0 Å². The number of ether oxygens (including phenoxy) is 3.